The number of rotatable bonds is 4. The van der Waals surface area contributed by atoms with Crippen LogP contribution in [-0.2, 0) is 9.53 Å². The van der Waals surface area contributed by atoms with Gasteiger partial charge in [-0.15, -0.1) is 0 Å². The molecular formula is C16H30N2O2. The van der Waals surface area contributed by atoms with Gasteiger partial charge in [0, 0.05) is 19.6 Å². The lowest BCUT2D eigenvalue weighted by Gasteiger charge is -2.45. The van der Waals surface area contributed by atoms with E-state index in [2.05, 4.69) is 17.1 Å². The Morgan fingerprint density at radius 2 is 1.95 bits per heavy atom. The van der Waals surface area contributed by atoms with E-state index in [9.17, 15) is 4.79 Å². The van der Waals surface area contributed by atoms with Gasteiger partial charge in [0.2, 0.25) is 0 Å². The van der Waals surface area contributed by atoms with E-state index in [0.29, 0.717) is 12.5 Å². The topological polar surface area (TPSA) is 41.6 Å². The van der Waals surface area contributed by atoms with Crippen LogP contribution in [0.2, 0.25) is 0 Å². The average molecular weight is 282 g/mol. The molecule has 20 heavy (non-hydrogen) atoms. The summed E-state index contributed by atoms with van der Waals surface area (Å²) in [6.45, 7) is 8.50. The van der Waals surface area contributed by atoms with Crippen molar-refractivity contribution in [2.24, 2.45) is 5.92 Å². The summed E-state index contributed by atoms with van der Waals surface area (Å²) in [4.78, 5) is 15.1. The fraction of sp³-hybridized carbons (Fsp3) is 0.938. The molecule has 2 rings (SSSR count). The number of esters is 1. The van der Waals surface area contributed by atoms with E-state index >= 15 is 0 Å². The molecule has 1 atom stereocenters. The lowest BCUT2D eigenvalue weighted by atomic mass is 9.74. The minimum absolute atomic E-state index is 0.00574. The molecule has 0 spiro atoms. The average Bonchev–Trinajstić information content (AvgIpc) is 2.77. The molecule has 0 amide bonds. The van der Waals surface area contributed by atoms with Crippen LogP contribution in [0.25, 0.3) is 0 Å². The summed E-state index contributed by atoms with van der Waals surface area (Å²) in [5.41, 5.74) is -0.428. The molecule has 0 aromatic carbocycles. The Morgan fingerprint density at radius 3 is 2.65 bits per heavy atom. The number of hydrogen-bond donors (Lipinski definition) is 1. The lowest BCUT2D eigenvalue weighted by Crippen LogP contribution is -2.59. The summed E-state index contributed by atoms with van der Waals surface area (Å²) in [5.74, 6) is 0.446. The smallest absolute Gasteiger partial charge is 0.326 e. The second-order valence-electron chi connectivity index (χ2n) is 6.29. The van der Waals surface area contributed by atoms with E-state index in [1.807, 2.05) is 6.92 Å². The summed E-state index contributed by atoms with van der Waals surface area (Å²) in [7, 11) is 0. The van der Waals surface area contributed by atoms with Crippen molar-refractivity contribution < 1.29 is 9.53 Å². The second kappa shape index (κ2) is 7.41. The van der Waals surface area contributed by atoms with Gasteiger partial charge < -0.3 is 10.1 Å². The summed E-state index contributed by atoms with van der Waals surface area (Å²) >= 11 is 0. The van der Waals surface area contributed by atoms with Crippen molar-refractivity contribution in [3.63, 3.8) is 0 Å². The van der Waals surface area contributed by atoms with Gasteiger partial charge in [0.1, 0.15) is 5.54 Å². The molecular weight excluding hydrogens is 252 g/mol. The van der Waals surface area contributed by atoms with Crippen LogP contribution >= 0.6 is 0 Å². The van der Waals surface area contributed by atoms with Gasteiger partial charge in [0.05, 0.1) is 6.61 Å². The van der Waals surface area contributed by atoms with Gasteiger partial charge in [0.25, 0.3) is 0 Å². The van der Waals surface area contributed by atoms with Crippen LogP contribution in [0.4, 0.5) is 0 Å². The summed E-state index contributed by atoms with van der Waals surface area (Å²) in [5, 5.41) is 3.43. The predicted octanol–water partition coefficient (Wildman–Crippen LogP) is 2.18. The fourth-order valence-electron chi connectivity index (χ4n) is 3.81. The molecule has 0 aromatic heterocycles. The van der Waals surface area contributed by atoms with Crippen molar-refractivity contribution in [3.8, 4) is 0 Å². The third kappa shape index (κ3) is 3.34. The maximum absolute atomic E-state index is 12.7. The Morgan fingerprint density at radius 1 is 1.20 bits per heavy atom. The molecule has 1 heterocycles. The zero-order valence-electron chi connectivity index (χ0n) is 13.1. The predicted molar refractivity (Wildman–Crippen MR) is 80.7 cm³/mol. The minimum Gasteiger partial charge on any atom is -0.465 e. The highest BCUT2D eigenvalue weighted by Crippen LogP contribution is 2.37. The third-order valence-electron chi connectivity index (χ3n) is 5.09. The summed E-state index contributed by atoms with van der Waals surface area (Å²) < 4.78 is 5.45. The molecule has 4 nitrogen and oxygen atoms in total. The lowest BCUT2D eigenvalue weighted by molar-refractivity contribution is -0.162. The van der Waals surface area contributed by atoms with E-state index in [4.69, 9.17) is 4.74 Å². The van der Waals surface area contributed by atoms with Gasteiger partial charge in [-0.1, -0.05) is 19.3 Å². The van der Waals surface area contributed by atoms with Crippen molar-refractivity contribution in [3.05, 3.63) is 0 Å². The molecule has 1 unspecified atom stereocenters. The monoisotopic (exact) mass is 282 g/mol. The first-order valence-corrected chi connectivity index (χ1v) is 8.32. The zero-order valence-corrected chi connectivity index (χ0v) is 13.1. The number of carbonyl (C=O) groups excluding carboxylic acids is 1. The molecule has 0 aromatic rings. The first-order valence-electron chi connectivity index (χ1n) is 8.32. The number of hydrogen-bond acceptors (Lipinski definition) is 4. The largest absolute Gasteiger partial charge is 0.465 e. The third-order valence-corrected chi connectivity index (χ3v) is 5.09. The maximum Gasteiger partial charge on any atom is 0.326 e. The van der Waals surface area contributed by atoms with Crippen LogP contribution in [0.5, 0.6) is 0 Å². The van der Waals surface area contributed by atoms with E-state index in [1.54, 1.807) is 0 Å². The van der Waals surface area contributed by atoms with Gasteiger partial charge in [0.15, 0.2) is 0 Å². The van der Waals surface area contributed by atoms with E-state index in [-0.39, 0.29) is 5.97 Å². The van der Waals surface area contributed by atoms with Gasteiger partial charge in [-0.25, -0.2) is 0 Å². The Balaban J connectivity index is 2.18. The van der Waals surface area contributed by atoms with Crippen molar-refractivity contribution in [2.75, 3.05) is 32.8 Å². The quantitative estimate of drug-likeness (QED) is 0.803. The summed E-state index contributed by atoms with van der Waals surface area (Å²) in [6.07, 6.45) is 7.27. The fourth-order valence-corrected chi connectivity index (χ4v) is 3.81. The minimum atomic E-state index is -0.428. The Kier molecular flexibility index (Phi) is 5.85. The highest BCUT2D eigenvalue weighted by atomic mass is 16.5. The molecule has 1 aliphatic carbocycles. The molecule has 2 aliphatic rings. The molecule has 0 radical (unpaired) electrons. The van der Waals surface area contributed by atoms with Crippen LogP contribution in [-0.4, -0.2) is 49.2 Å². The highest BCUT2D eigenvalue weighted by Gasteiger charge is 2.47. The van der Waals surface area contributed by atoms with Crippen LogP contribution in [0, 0.1) is 5.92 Å². The standard InChI is InChI=1S/C16H30N2O2/c1-3-20-15(19)16(2,14-8-5-4-6-9-14)18-12-7-10-17-11-13-18/h14,17H,3-13H2,1-2H3. The number of ether oxygens (including phenoxy) is 1. The van der Waals surface area contributed by atoms with Crippen molar-refractivity contribution >= 4 is 5.97 Å². The van der Waals surface area contributed by atoms with Gasteiger partial charge in [-0.3, -0.25) is 9.69 Å². The molecule has 1 saturated heterocycles. The molecule has 1 saturated carbocycles. The molecule has 0 bridgehead atoms. The van der Waals surface area contributed by atoms with Gasteiger partial charge >= 0.3 is 5.97 Å². The first-order chi connectivity index (χ1) is 9.69. The Hall–Kier alpha value is -0.610. The van der Waals surface area contributed by atoms with E-state index in [1.165, 1.54) is 32.1 Å². The van der Waals surface area contributed by atoms with Crippen molar-refractivity contribution in [2.45, 2.75) is 57.9 Å². The zero-order chi connectivity index (χ0) is 14.4. The van der Waals surface area contributed by atoms with Crippen LogP contribution in [0.3, 0.4) is 0 Å². The molecule has 2 fully saturated rings. The Labute approximate surface area is 123 Å². The highest BCUT2D eigenvalue weighted by molar-refractivity contribution is 5.81. The SMILES string of the molecule is CCOC(=O)C(C)(C1CCCCC1)N1CCCNCC1. The first kappa shape index (κ1) is 15.8. The Bertz CT molecular complexity index is 308. The van der Waals surface area contributed by atoms with Gasteiger partial charge in [-0.2, -0.15) is 0 Å². The second-order valence-corrected chi connectivity index (χ2v) is 6.29. The van der Waals surface area contributed by atoms with E-state index in [0.717, 1.165) is 32.6 Å². The van der Waals surface area contributed by atoms with Crippen molar-refractivity contribution in [1.82, 2.24) is 10.2 Å². The van der Waals surface area contributed by atoms with Gasteiger partial charge in [-0.05, 0) is 45.6 Å². The molecule has 4 heteroatoms. The summed E-state index contributed by atoms with van der Waals surface area (Å²) in [6, 6.07) is 0. The maximum atomic E-state index is 12.7. The molecule has 116 valence electrons. The van der Waals surface area contributed by atoms with Crippen LogP contribution in [0.1, 0.15) is 52.4 Å². The van der Waals surface area contributed by atoms with Crippen LogP contribution in [0.15, 0.2) is 0 Å². The normalized spacial score (nSPS) is 25.7. The number of nitrogens with one attached hydrogen (secondary N) is 1. The van der Waals surface area contributed by atoms with Crippen LogP contribution < -0.4 is 5.32 Å². The number of carbonyl (C=O) groups is 1. The number of nitrogens with zero attached hydrogens (tertiary/aromatic N) is 1. The molecule has 1 N–H and O–H groups in total. The van der Waals surface area contributed by atoms with Crippen molar-refractivity contribution in [1.29, 1.82) is 0 Å². The molecule has 1 aliphatic heterocycles. The van der Waals surface area contributed by atoms with E-state index < -0.39 is 5.54 Å².